The van der Waals surface area contributed by atoms with Crippen molar-refractivity contribution >= 4 is 16.9 Å². The number of amides is 1. The highest BCUT2D eigenvalue weighted by molar-refractivity contribution is 6.06. The second-order valence-corrected chi connectivity index (χ2v) is 5.48. The van der Waals surface area contributed by atoms with Crippen LogP contribution in [-0.4, -0.2) is 39.7 Å². The molecule has 0 unspecified atom stereocenters. The lowest BCUT2D eigenvalue weighted by atomic mass is 10.1. The second-order valence-electron chi connectivity index (χ2n) is 5.48. The first-order valence-corrected chi connectivity index (χ1v) is 6.55. The molecule has 100 valence electrons. The fourth-order valence-electron chi connectivity index (χ4n) is 2.46. The lowest BCUT2D eigenvalue weighted by molar-refractivity contribution is 0.0829. The molecular weight excluding hydrogens is 240 g/mol. The van der Waals surface area contributed by atoms with Gasteiger partial charge in [0.1, 0.15) is 0 Å². The number of rotatable bonds is 2. The molecule has 0 bridgehead atoms. The summed E-state index contributed by atoms with van der Waals surface area (Å²) in [5.74, 6) is 0.540. The molecule has 0 saturated heterocycles. The molecule has 2 aromatic heterocycles. The van der Waals surface area contributed by atoms with Gasteiger partial charge in [-0.15, -0.1) is 0 Å². The summed E-state index contributed by atoms with van der Waals surface area (Å²) in [5.41, 5.74) is 3.42. The summed E-state index contributed by atoms with van der Waals surface area (Å²) < 4.78 is 1.77. The summed E-state index contributed by atoms with van der Waals surface area (Å²) in [5, 5.41) is 5.28. The van der Waals surface area contributed by atoms with E-state index < -0.39 is 0 Å². The predicted molar refractivity (Wildman–Crippen MR) is 73.2 cm³/mol. The minimum absolute atomic E-state index is 0.0189. The monoisotopic (exact) mass is 258 g/mol. The number of hydrogen-bond acceptors (Lipinski definition) is 3. The van der Waals surface area contributed by atoms with Crippen molar-refractivity contribution in [2.24, 2.45) is 7.05 Å². The molecule has 1 aliphatic carbocycles. The number of carbonyl (C=O) groups is 1. The van der Waals surface area contributed by atoms with Crippen molar-refractivity contribution in [2.75, 3.05) is 14.1 Å². The van der Waals surface area contributed by atoms with E-state index in [1.54, 1.807) is 23.7 Å². The molecule has 2 heterocycles. The van der Waals surface area contributed by atoms with Crippen molar-refractivity contribution in [2.45, 2.75) is 25.7 Å². The summed E-state index contributed by atoms with van der Waals surface area (Å²) in [4.78, 5) is 18.7. The first kappa shape index (κ1) is 12.1. The Kier molecular flexibility index (Phi) is 2.59. The Hall–Kier alpha value is -1.91. The van der Waals surface area contributed by atoms with Gasteiger partial charge in [-0.05, 0) is 25.8 Å². The molecule has 3 rings (SSSR count). The van der Waals surface area contributed by atoms with E-state index >= 15 is 0 Å². The molecule has 19 heavy (non-hydrogen) atoms. The van der Waals surface area contributed by atoms with E-state index in [2.05, 4.69) is 10.1 Å². The Bertz CT molecular complexity index is 668. The Labute approximate surface area is 112 Å². The van der Waals surface area contributed by atoms with Gasteiger partial charge >= 0.3 is 0 Å². The maximum Gasteiger partial charge on any atom is 0.254 e. The molecule has 5 heteroatoms. The van der Waals surface area contributed by atoms with Crippen molar-refractivity contribution in [3.05, 3.63) is 23.0 Å². The van der Waals surface area contributed by atoms with Crippen LogP contribution in [0.25, 0.3) is 11.0 Å². The lowest BCUT2D eigenvalue weighted by Crippen LogP contribution is -2.22. The minimum Gasteiger partial charge on any atom is -0.345 e. The topological polar surface area (TPSA) is 51.0 Å². The van der Waals surface area contributed by atoms with Crippen molar-refractivity contribution in [1.29, 1.82) is 0 Å². The van der Waals surface area contributed by atoms with E-state index in [0.717, 1.165) is 28.0 Å². The zero-order valence-electron chi connectivity index (χ0n) is 11.8. The highest BCUT2D eigenvalue weighted by Crippen LogP contribution is 2.40. The van der Waals surface area contributed by atoms with Crippen molar-refractivity contribution in [3.8, 4) is 0 Å². The van der Waals surface area contributed by atoms with E-state index in [4.69, 9.17) is 0 Å². The highest BCUT2D eigenvalue weighted by Gasteiger charge is 2.28. The van der Waals surface area contributed by atoms with E-state index in [-0.39, 0.29) is 5.91 Å². The largest absolute Gasteiger partial charge is 0.345 e. The average molecular weight is 258 g/mol. The van der Waals surface area contributed by atoms with Crippen LogP contribution in [0, 0.1) is 6.92 Å². The van der Waals surface area contributed by atoms with Gasteiger partial charge in [-0.3, -0.25) is 9.48 Å². The van der Waals surface area contributed by atoms with Crippen molar-refractivity contribution < 1.29 is 4.79 Å². The van der Waals surface area contributed by atoms with Gasteiger partial charge in [0.15, 0.2) is 5.65 Å². The average Bonchev–Trinajstić information content (AvgIpc) is 3.16. The van der Waals surface area contributed by atoms with Crippen LogP contribution in [-0.2, 0) is 7.05 Å². The molecule has 0 spiro atoms. The zero-order valence-corrected chi connectivity index (χ0v) is 11.8. The zero-order chi connectivity index (χ0) is 13.7. The summed E-state index contributed by atoms with van der Waals surface area (Å²) in [6.45, 7) is 1.92. The van der Waals surface area contributed by atoms with Crippen LogP contribution in [0.4, 0.5) is 0 Å². The van der Waals surface area contributed by atoms with Gasteiger partial charge in [0, 0.05) is 32.8 Å². The number of pyridine rings is 1. The Balaban J connectivity index is 2.30. The van der Waals surface area contributed by atoms with Crippen LogP contribution < -0.4 is 0 Å². The quantitative estimate of drug-likeness (QED) is 0.826. The summed E-state index contributed by atoms with van der Waals surface area (Å²) in [6.07, 6.45) is 2.34. The molecule has 0 radical (unpaired) electrons. The van der Waals surface area contributed by atoms with Crippen LogP contribution in [0.3, 0.4) is 0 Å². The smallest absolute Gasteiger partial charge is 0.254 e. The number of fused-ring (bicyclic) bond motifs is 1. The maximum absolute atomic E-state index is 12.4. The number of aryl methyl sites for hydroxylation is 2. The van der Waals surface area contributed by atoms with Gasteiger partial charge in [-0.25, -0.2) is 4.98 Å². The fraction of sp³-hybridized carbons (Fsp3) is 0.500. The van der Waals surface area contributed by atoms with Crippen LogP contribution in [0.15, 0.2) is 6.07 Å². The molecule has 1 amide bonds. The molecule has 0 aromatic carbocycles. The molecule has 1 aliphatic rings. The normalized spacial score (nSPS) is 14.9. The summed E-state index contributed by atoms with van der Waals surface area (Å²) >= 11 is 0. The molecule has 1 fully saturated rings. The first-order chi connectivity index (χ1) is 8.99. The van der Waals surface area contributed by atoms with Gasteiger partial charge in [0.25, 0.3) is 5.91 Å². The van der Waals surface area contributed by atoms with E-state index in [9.17, 15) is 4.79 Å². The lowest BCUT2D eigenvalue weighted by Gasteiger charge is -2.12. The number of carbonyl (C=O) groups excluding carboxylic acids is 1. The van der Waals surface area contributed by atoms with Crippen molar-refractivity contribution in [1.82, 2.24) is 19.7 Å². The van der Waals surface area contributed by atoms with Crippen LogP contribution >= 0.6 is 0 Å². The first-order valence-electron chi connectivity index (χ1n) is 6.55. The third kappa shape index (κ3) is 1.89. The number of aromatic nitrogens is 3. The van der Waals surface area contributed by atoms with Gasteiger partial charge in [-0.1, -0.05) is 0 Å². The van der Waals surface area contributed by atoms with Gasteiger partial charge < -0.3 is 4.90 Å². The number of nitrogens with zero attached hydrogens (tertiary/aromatic N) is 4. The third-order valence-corrected chi connectivity index (χ3v) is 3.62. The van der Waals surface area contributed by atoms with E-state index in [1.807, 2.05) is 20.0 Å². The molecule has 1 saturated carbocycles. The maximum atomic E-state index is 12.4. The molecule has 0 aliphatic heterocycles. The summed E-state index contributed by atoms with van der Waals surface area (Å²) in [7, 11) is 5.43. The second kappa shape index (κ2) is 4.05. The molecular formula is C14H18N4O. The predicted octanol–water partition coefficient (Wildman–Crippen LogP) is 1.86. The summed E-state index contributed by atoms with van der Waals surface area (Å²) in [6, 6.07) is 1.96. The van der Waals surface area contributed by atoms with Crippen LogP contribution in [0.1, 0.15) is 40.5 Å². The molecule has 0 atom stereocenters. The Morgan fingerprint density at radius 2 is 2.11 bits per heavy atom. The van der Waals surface area contributed by atoms with Crippen LogP contribution in [0.5, 0.6) is 0 Å². The van der Waals surface area contributed by atoms with Gasteiger partial charge in [0.2, 0.25) is 0 Å². The third-order valence-electron chi connectivity index (χ3n) is 3.62. The van der Waals surface area contributed by atoms with E-state index in [0.29, 0.717) is 5.92 Å². The molecule has 5 nitrogen and oxygen atoms in total. The highest BCUT2D eigenvalue weighted by atomic mass is 16.2. The molecule has 2 aromatic rings. The van der Waals surface area contributed by atoms with Crippen LogP contribution in [0.2, 0.25) is 0 Å². The van der Waals surface area contributed by atoms with Gasteiger partial charge in [-0.2, -0.15) is 5.10 Å². The minimum atomic E-state index is 0.0189. The Morgan fingerprint density at radius 1 is 1.42 bits per heavy atom. The van der Waals surface area contributed by atoms with E-state index in [1.165, 1.54) is 12.8 Å². The SMILES string of the molecule is Cc1nn(C)c2nc(C3CC3)cc(C(=O)N(C)C)c12. The van der Waals surface area contributed by atoms with Crippen molar-refractivity contribution in [3.63, 3.8) is 0 Å². The molecule has 0 N–H and O–H groups in total. The standard InChI is InChI=1S/C14H18N4O/c1-8-12-10(14(19)17(2)3)7-11(9-5-6-9)15-13(12)18(4)16-8/h7,9H,5-6H2,1-4H3. The van der Waals surface area contributed by atoms with Gasteiger partial charge in [0.05, 0.1) is 16.6 Å². The fourth-order valence-corrected chi connectivity index (χ4v) is 2.46. The Morgan fingerprint density at radius 3 is 2.68 bits per heavy atom. The number of hydrogen-bond donors (Lipinski definition) is 0.